The van der Waals surface area contributed by atoms with E-state index in [1.165, 1.54) is 35.6 Å². The Morgan fingerprint density at radius 3 is 2.43 bits per heavy atom. The van der Waals surface area contributed by atoms with Crippen LogP contribution in [-0.2, 0) is 14.8 Å². The Morgan fingerprint density at radius 1 is 1.13 bits per heavy atom. The fourth-order valence-electron chi connectivity index (χ4n) is 2.64. The van der Waals surface area contributed by atoms with Gasteiger partial charge in [-0.25, -0.2) is 12.8 Å². The zero-order valence-electron chi connectivity index (χ0n) is 15.9. The van der Waals surface area contributed by atoms with Crippen LogP contribution in [0.5, 0.6) is 0 Å². The molecule has 0 saturated heterocycles. The summed E-state index contributed by atoms with van der Waals surface area (Å²) >= 11 is 7.09. The standard InChI is InChI=1S/C19H18ClFN4O3S2/c1-30(27,28)25(16-10-8-15(21)9-11-16)12-2-3-17(26)22-19-24-23-18(29-19)13-4-6-14(20)7-5-13/h4-11H,2-3,12H2,1H3,(H,22,24,26). The maximum absolute atomic E-state index is 13.1. The molecule has 1 amide bonds. The Kier molecular flexibility index (Phi) is 7.01. The van der Waals surface area contributed by atoms with E-state index in [2.05, 4.69) is 15.5 Å². The minimum Gasteiger partial charge on any atom is -0.301 e. The third-order valence-corrected chi connectivity index (χ3v) is 6.38. The van der Waals surface area contributed by atoms with Gasteiger partial charge in [0.15, 0.2) is 0 Å². The second kappa shape index (κ2) is 9.50. The summed E-state index contributed by atoms with van der Waals surface area (Å²) < 4.78 is 38.3. The lowest BCUT2D eigenvalue weighted by atomic mass is 10.2. The topological polar surface area (TPSA) is 92.3 Å². The average molecular weight is 469 g/mol. The quantitative estimate of drug-likeness (QED) is 0.535. The molecule has 30 heavy (non-hydrogen) atoms. The van der Waals surface area contributed by atoms with Crippen molar-refractivity contribution in [2.24, 2.45) is 0 Å². The normalized spacial score (nSPS) is 11.3. The van der Waals surface area contributed by atoms with Crippen LogP contribution in [0.3, 0.4) is 0 Å². The predicted molar refractivity (Wildman–Crippen MR) is 117 cm³/mol. The van der Waals surface area contributed by atoms with Crippen molar-refractivity contribution in [1.82, 2.24) is 10.2 Å². The van der Waals surface area contributed by atoms with Gasteiger partial charge in [-0.2, -0.15) is 0 Å². The Bertz CT molecular complexity index is 1120. The van der Waals surface area contributed by atoms with Crippen LogP contribution in [0.1, 0.15) is 12.8 Å². The van der Waals surface area contributed by atoms with Crippen molar-refractivity contribution in [3.63, 3.8) is 0 Å². The van der Waals surface area contributed by atoms with Gasteiger partial charge in [0, 0.05) is 23.6 Å². The molecule has 11 heteroatoms. The molecule has 1 aromatic heterocycles. The van der Waals surface area contributed by atoms with Gasteiger partial charge in [-0.15, -0.1) is 10.2 Å². The molecule has 0 aliphatic rings. The number of hydrogen-bond acceptors (Lipinski definition) is 6. The number of nitrogens with zero attached hydrogens (tertiary/aromatic N) is 3. The summed E-state index contributed by atoms with van der Waals surface area (Å²) in [6, 6.07) is 12.2. The molecule has 0 unspecified atom stereocenters. The molecular weight excluding hydrogens is 451 g/mol. The molecule has 0 bridgehead atoms. The van der Waals surface area contributed by atoms with Crippen molar-refractivity contribution in [2.45, 2.75) is 12.8 Å². The highest BCUT2D eigenvalue weighted by Crippen LogP contribution is 2.27. The molecule has 1 heterocycles. The number of carbonyl (C=O) groups excluding carboxylic acids is 1. The molecule has 0 aliphatic heterocycles. The first-order valence-corrected chi connectivity index (χ1v) is 11.9. The van der Waals surface area contributed by atoms with Crippen LogP contribution in [0.2, 0.25) is 5.02 Å². The summed E-state index contributed by atoms with van der Waals surface area (Å²) in [7, 11) is -3.57. The van der Waals surface area contributed by atoms with E-state index in [9.17, 15) is 17.6 Å². The first-order valence-electron chi connectivity index (χ1n) is 8.85. The van der Waals surface area contributed by atoms with Gasteiger partial charge in [-0.3, -0.25) is 9.10 Å². The zero-order chi connectivity index (χ0) is 21.7. The van der Waals surface area contributed by atoms with Crippen molar-refractivity contribution in [3.8, 4) is 10.6 Å². The van der Waals surface area contributed by atoms with Crippen molar-refractivity contribution in [3.05, 3.63) is 59.4 Å². The van der Waals surface area contributed by atoms with Gasteiger partial charge in [0.05, 0.1) is 11.9 Å². The summed E-state index contributed by atoms with van der Waals surface area (Å²) in [5.41, 5.74) is 1.18. The SMILES string of the molecule is CS(=O)(=O)N(CCCC(=O)Nc1nnc(-c2ccc(Cl)cc2)s1)c1ccc(F)cc1. The Labute approximate surface area is 182 Å². The number of sulfonamides is 1. The lowest BCUT2D eigenvalue weighted by Gasteiger charge is -2.22. The maximum Gasteiger partial charge on any atom is 0.232 e. The third-order valence-electron chi connectivity index (χ3n) is 4.04. The number of amides is 1. The number of nitrogens with one attached hydrogen (secondary N) is 1. The van der Waals surface area contributed by atoms with E-state index in [4.69, 9.17) is 11.6 Å². The van der Waals surface area contributed by atoms with Crippen LogP contribution < -0.4 is 9.62 Å². The second-order valence-corrected chi connectivity index (χ2v) is 9.70. The third kappa shape index (κ3) is 5.97. The lowest BCUT2D eigenvalue weighted by Crippen LogP contribution is -2.31. The molecule has 1 N–H and O–H groups in total. The van der Waals surface area contributed by atoms with Crippen LogP contribution in [-0.4, -0.2) is 37.3 Å². The lowest BCUT2D eigenvalue weighted by molar-refractivity contribution is -0.116. The van der Waals surface area contributed by atoms with Crippen molar-refractivity contribution in [1.29, 1.82) is 0 Å². The summed E-state index contributed by atoms with van der Waals surface area (Å²) in [6.07, 6.45) is 1.43. The number of benzene rings is 2. The maximum atomic E-state index is 13.1. The first kappa shape index (κ1) is 22.1. The van der Waals surface area contributed by atoms with E-state index in [1.807, 2.05) is 12.1 Å². The molecule has 0 aliphatic carbocycles. The Hall–Kier alpha value is -2.56. The van der Waals surface area contributed by atoms with Crippen LogP contribution >= 0.6 is 22.9 Å². The number of anilines is 2. The molecule has 0 saturated carbocycles. The van der Waals surface area contributed by atoms with Crippen LogP contribution in [0.15, 0.2) is 48.5 Å². The smallest absolute Gasteiger partial charge is 0.232 e. The molecule has 2 aromatic carbocycles. The van der Waals surface area contributed by atoms with Crippen LogP contribution in [0.25, 0.3) is 10.6 Å². The number of halogens is 2. The van der Waals surface area contributed by atoms with Gasteiger partial charge in [0.25, 0.3) is 0 Å². The fourth-order valence-corrected chi connectivity index (χ4v) is 4.50. The fraction of sp³-hybridized carbons (Fsp3) is 0.211. The van der Waals surface area contributed by atoms with Gasteiger partial charge in [-0.05, 0) is 42.8 Å². The molecule has 158 valence electrons. The second-order valence-electron chi connectivity index (χ2n) is 6.38. The Balaban J connectivity index is 1.56. The van der Waals surface area contributed by atoms with E-state index in [-0.39, 0.29) is 25.3 Å². The van der Waals surface area contributed by atoms with Crippen molar-refractivity contribution in [2.75, 3.05) is 22.4 Å². The minimum atomic E-state index is -3.57. The van der Waals surface area contributed by atoms with Gasteiger partial charge < -0.3 is 5.32 Å². The van der Waals surface area contributed by atoms with E-state index < -0.39 is 15.8 Å². The largest absolute Gasteiger partial charge is 0.301 e. The molecule has 3 rings (SSSR count). The highest BCUT2D eigenvalue weighted by Gasteiger charge is 2.18. The molecule has 0 spiro atoms. The highest BCUT2D eigenvalue weighted by molar-refractivity contribution is 7.92. The van der Waals surface area contributed by atoms with Gasteiger partial charge in [0.2, 0.25) is 21.1 Å². The summed E-state index contributed by atoms with van der Waals surface area (Å²) in [5, 5.41) is 12.3. The summed E-state index contributed by atoms with van der Waals surface area (Å²) in [5.74, 6) is -0.761. The van der Waals surface area contributed by atoms with Crippen LogP contribution in [0, 0.1) is 5.82 Å². The van der Waals surface area contributed by atoms with E-state index in [0.717, 1.165) is 16.1 Å². The number of aromatic nitrogens is 2. The minimum absolute atomic E-state index is 0.0864. The van der Waals surface area contributed by atoms with Crippen molar-refractivity contribution >= 4 is 49.7 Å². The van der Waals surface area contributed by atoms with Crippen molar-refractivity contribution < 1.29 is 17.6 Å². The molecule has 3 aromatic rings. The molecule has 0 fully saturated rings. The molecule has 0 radical (unpaired) electrons. The van der Waals surface area contributed by atoms with E-state index in [1.54, 1.807) is 12.1 Å². The summed E-state index contributed by atoms with van der Waals surface area (Å²) in [6.45, 7) is 0.0873. The first-order chi connectivity index (χ1) is 14.2. The highest BCUT2D eigenvalue weighted by atomic mass is 35.5. The predicted octanol–water partition coefficient (Wildman–Crippen LogP) is 4.18. The monoisotopic (exact) mass is 468 g/mol. The molecular formula is C19H18ClFN4O3S2. The number of hydrogen-bond donors (Lipinski definition) is 1. The van der Waals surface area contributed by atoms with Gasteiger partial charge in [-0.1, -0.05) is 35.1 Å². The number of carbonyl (C=O) groups is 1. The Morgan fingerprint density at radius 2 is 1.80 bits per heavy atom. The molecule has 0 atom stereocenters. The van der Waals surface area contributed by atoms with E-state index >= 15 is 0 Å². The summed E-state index contributed by atoms with van der Waals surface area (Å²) in [4.78, 5) is 12.2. The van der Waals surface area contributed by atoms with E-state index in [0.29, 0.717) is 20.8 Å². The van der Waals surface area contributed by atoms with Crippen LogP contribution in [0.4, 0.5) is 15.2 Å². The van der Waals surface area contributed by atoms with Gasteiger partial charge in [0.1, 0.15) is 10.8 Å². The number of rotatable bonds is 8. The zero-order valence-corrected chi connectivity index (χ0v) is 18.3. The molecule has 7 nitrogen and oxygen atoms in total. The van der Waals surface area contributed by atoms with Gasteiger partial charge >= 0.3 is 0 Å². The average Bonchev–Trinajstić information content (AvgIpc) is 3.14.